The molecule has 24 heavy (non-hydrogen) atoms. The second-order valence-electron chi connectivity index (χ2n) is 5.07. The monoisotopic (exact) mass is 336 g/mol. The molecule has 0 saturated carbocycles. The number of benzene rings is 1. The van der Waals surface area contributed by atoms with Crippen molar-refractivity contribution in [2.24, 2.45) is 21.6 Å². The molecule has 0 radical (unpaired) electrons. The largest absolute Gasteiger partial charge is 0.458 e. The Kier molecular flexibility index (Phi) is 5.59. The predicted molar refractivity (Wildman–Crippen MR) is 88.4 cm³/mol. The van der Waals surface area contributed by atoms with E-state index < -0.39 is 12.5 Å². The Morgan fingerprint density at radius 3 is 2.42 bits per heavy atom. The lowest BCUT2D eigenvalue weighted by atomic mass is 10.2. The van der Waals surface area contributed by atoms with E-state index in [1.807, 2.05) is 0 Å². The van der Waals surface area contributed by atoms with E-state index >= 15 is 0 Å². The summed E-state index contributed by atoms with van der Waals surface area (Å²) < 4.78 is 5.20. The summed E-state index contributed by atoms with van der Waals surface area (Å²) in [4.78, 5) is 4.29. The van der Waals surface area contributed by atoms with E-state index in [-0.39, 0.29) is 37.0 Å². The third kappa shape index (κ3) is 4.13. The highest BCUT2D eigenvalue weighted by molar-refractivity contribution is 6.70. The van der Waals surface area contributed by atoms with Gasteiger partial charge in [0.25, 0.3) is 0 Å². The van der Waals surface area contributed by atoms with Gasteiger partial charge in [-0.05, 0) is 24.3 Å². The summed E-state index contributed by atoms with van der Waals surface area (Å²) in [5, 5.41) is 40.6. The molecule has 10 nitrogen and oxygen atoms in total. The van der Waals surface area contributed by atoms with Gasteiger partial charge in [-0.2, -0.15) is 5.10 Å². The molecule has 0 amide bonds. The SMILES string of the molecule is N=C1C(=Nc2ccc(OC(N)(N)CO)cc2)C(CO)=NN1CCO. The van der Waals surface area contributed by atoms with Gasteiger partial charge >= 0.3 is 0 Å². The number of aliphatic hydroxyl groups is 3. The van der Waals surface area contributed by atoms with Gasteiger partial charge in [0.2, 0.25) is 5.85 Å². The van der Waals surface area contributed by atoms with Crippen LogP contribution in [-0.4, -0.2) is 69.8 Å². The summed E-state index contributed by atoms with van der Waals surface area (Å²) in [6.45, 7) is -0.950. The minimum Gasteiger partial charge on any atom is -0.458 e. The molecule has 0 fully saturated rings. The first-order chi connectivity index (χ1) is 11.4. The number of hydrazone groups is 1. The van der Waals surface area contributed by atoms with Gasteiger partial charge in [0.1, 0.15) is 23.8 Å². The number of aliphatic imine (C=N–C) groups is 1. The van der Waals surface area contributed by atoms with Crippen molar-refractivity contribution in [1.82, 2.24) is 5.01 Å². The smallest absolute Gasteiger partial charge is 0.236 e. The van der Waals surface area contributed by atoms with E-state index in [2.05, 4.69) is 10.1 Å². The molecule has 0 spiro atoms. The highest BCUT2D eigenvalue weighted by Gasteiger charge is 2.27. The normalized spacial score (nSPS) is 16.7. The van der Waals surface area contributed by atoms with Gasteiger partial charge in [-0.3, -0.25) is 16.9 Å². The molecule has 8 N–H and O–H groups in total. The van der Waals surface area contributed by atoms with Crippen LogP contribution in [0.15, 0.2) is 34.4 Å². The maximum absolute atomic E-state index is 9.35. The highest BCUT2D eigenvalue weighted by Crippen LogP contribution is 2.21. The number of β-amino-alcohol motifs (C(OH)–C–C–N with tert-alkyl or cyclic N) is 1. The van der Waals surface area contributed by atoms with Crippen LogP contribution < -0.4 is 16.2 Å². The molecular weight excluding hydrogens is 316 g/mol. The average Bonchev–Trinajstić information content (AvgIpc) is 2.85. The van der Waals surface area contributed by atoms with Crippen LogP contribution in [0.25, 0.3) is 0 Å². The zero-order valence-corrected chi connectivity index (χ0v) is 12.9. The van der Waals surface area contributed by atoms with E-state index in [9.17, 15) is 5.11 Å². The minimum atomic E-state index is -1.68. The molecule has 2 rings (SSSR count). The predicted octanol–water partition coefficient (Wildman–Crippen LogP) is -1.67. The van der Waals surface area contributed by atoms with Gasteiger partial charge in [-0.25, -0.2) is 10.0 Å². The van der Waals surface area contributed by atoms with Gasteiger partial charge in [-0.1, -0.05) is 0 Å². The first-order valence-electron chi connectivity index (χ1n) is 7.12. The average molecular weight is 336 g/mol. The summed E-state index contributed by atoms with van der Waals surface area (Å²) in [6, 6.07) is 6.33. The van der Waals surface area contributed by atoms with Crippen LogP contribution in [-0.2, 0) is 0 Å². The van der Waals surface area contributed by atoms with Crippen LogP contribution in [0.4, 0.5) is 5.69 Å². The number of hydrogen-bond acceptors (Lipinski definition) is 9. The number of nitrogens with one attached hydrogen (secondary N) is 1. The fourth-order valence-electron chi connectivity index (χ4n) is 1.95. The van der Waals surface area contributed by atoms with Gasteiger partial charge in [-0.15, -0.1) is 0 Å². The zero-order valence-electron chi connectivity index (χ0n) is 12.9. The van der Waals surface area contributed by atoms with E-state index in [0.717, 1.165) is 0 Å². The third-order valence-electron chi connectivity index (χ3n) is 3.09. The number of hydrogen-bond donors (Lipinski definition) is 6. The van der Waals surface area contributed by atoms with Gasteiger partial charge < -0.3 is 20.1 Å². The maximum atomic E-state index is 9.35. The number of nitrogens with two attached hydrogens (primary N) is 2. The molecule has 1 aliphatic heterocycles. The van der Waals surface area contributed by atoms with Crippen molar-refractivity contribution in [1.29, 1.82) is 5.41 Å². The summed E-state index contributed by atoms with van der Waals surface area (Å²) in [5.74, 6) is -1.34. The van der Waals surface area contributed by atoms with Crippen LogP contribution in [0.2, 0.25) is 0 Å². The van der Waals surface area contributed by atoms with Crippen molar-refractivity contribution in [3.05, 3.63) is 24.3 Å². The third-order valence-corrected chi connectivity index (χ3v) is 3.09. The number of nitrogens with zero attached hydrogens (tertiary/aromatic N) is 3. The van der Waals surface area contributed by atoms with Crippen LogP contribution in [0.3, 0.4) is 0 Å². The fraction of sp³-hybridized carbons (Fsp3) is 0.357. The Morgan fingerprint density at radius 1 is 1.21 bits per heavy atom. The lowest BCUT2D eigenvalue weighted by Crippen LogP contribution is -2.57. The Bertz CT molecular complexity index is 656. The van der Waals surface area contributed by atoms with Gasteiger partial charge in [0, 0.05) is 0 Å². The number of aliphatic hydroxyl groups excluding tert-OH is 3. The quantitative estimate of drug-likeness (QED) is 0.323. The molecule has 0 aromatic heterocycles. The van der Waals surface area contributed by atoms with Crippen LogP contribution in [0, 0.1) is 5.41 Å². The molecule has 130 valence electrons. The van der Waals surface area contributed by atoms with Gasteiger partial charge in [0.05, 0.1) is 25.4 Å². The molecule has 0 bridgehead atoms. The summed E-state index contributed by atoms with van der Waals surface area (Å²) >= 11 is 0. The standard InChI is InChI=1S/C14H20N6O4/c15-13-12(11(7-22)19-20(13)5-6-21)18-9-1-3-10(4-2-9)24-14(16,17)8-23/h1-4,15,21-23H,5-8,16-17H2. The van der Waals surface area contributed by atoms with Crippen molar-refractivity contribution >= 4 is 22.9 Å². The molecule has 0 saturated heterocycles. The van der Waals surface area contributed by atoms with E-state index in [1.165, 1.54) is 5.01 Å². The summed E-state index contributed by atoms with van der Waals surface area (Å²) in [6.07, 6.45) is 0. The van der Waals surface area contributed by atoms with E-state index in [4.69, 9.17) is 31.8 Å². The van der Waals surface area contributed by atoms with E-state index in [1.54, 1.807) is 24.3 Å². The minimum absolute atomic E-state index is 0.00311. The van der Waals surface area contributed by atoms with Crippen molar-refractivity contribution in [3.63, 3.8) is 0 Å². The molecule has 1 aromatic carbocycles. The fourth-order valence-corrected chi connectivity index (χ4v) is 1.95. The molecule has 0 atom stereocenters. The van der Waals surface area contributed by atoms with Crippen LogP contribution in [0.5, 0.6) is 5.75 Å². The highest BCUT2D eigenvalue weighted by atomic mass is 16.5. The number of ether oxygens (including phenoxy) is 1. The molecule has 0 aliphatic carbocycles. The van der Waals surface area contributed by atoms with Crippen molar-refractivity contribution < 1.29 is 20.1 Å². The molecular formula is C14H20N6O4. The lowest BCUT2D eigenvalue weighted by Gasteiger charge is -2.23. The number of amidine groups is 1. The van der Waals surface area contributed by atoms with Crippen molar-refractivity contribution in [3.8, 4) is 5.75 Å². The topological polar surface area (TPSA) is 174 Å². The molecule has 0 unspecified atom stereocenters. The maximum Gasteiger partial charge on any atom is 0.236 e. The van der Waals surface area contributed by atoms with Crippen molar-refractivity contribution in [2.45, 2.75) is 5.85 Å². The van der Waals surface area contributed by atoms with Gasteiger partial charge in [0.15, 0.2) is 5.84 Å². The first kappa shape index (κ1) is 18.0. The Labute approximate surface area is 138 Å². The number of rotatable bonds is 7. The summed E-state index contributed by atoms with van der Waals surface area (Å²) in [7, 11) is 0. The van der Waals surface area contributed by atoms with E-state index in [0.29, 0.717) is 11.4 Å². The Hall–Kier alpha value is -2.37. The van der Waals surface area contributed by atoms with Crippen LogP contribution in [0.1, 0.15) is 0 Å². The molecule has 1 aliphatic rings. The lowest BCUT2D eigenvalue weighted by molar-refractivity contribution is 0.0198. The summed E-state index contributed by atoms with van der Waals surface area (Å²) in [5.41, 5.74) is 12.0. The molecule has 10 heteroatoms. The molecule has 1 heterocycles. The van der Waals surface area contributed by atoms with Crippen molar-refractivity contribution in [2.75, 3.05) is 26.4 Å². The second kappa shape index (κ2) is 7.47. The molecule has 1 aromatic rings. The second-order valence-corrected chi connectivity index (χ2v) is 5.07. The Morgan fingerprint density at radius 2 is 1.88 bits per heavy atom. The Balaban J connectivity index is 2.19. The van der Waals surface area contributed by atoms with Crippen LogP contribution >= 0.6 is 0 Å². The zero-order chi connectivity index (χ0) is 17.7. The first-order valence-corrected chi connectivity index (χ1v) is 7.12.